The molecule has 2 fully saturated rings. The second-order valence-corrected chi connectivity index (χ2v) is 6.08. The monoisotopic (exact) mass is 354 g/mol. The number of nitrogens with zero attached hydrogens (tertiary/aromatic N) is 2. The summed E-state index contributed by atoms with van der Waals surface area (Å²) in [5, 5.41) is 0. The van der Waals surface area contributed by atoms with Crippen molar-refractivity contribution in [2.75, 3.05) is 57.5 Å². The molecule has 0 spiro atoms. The first-order chi connectivity index (χ1) is 10.3. The van der Waals surface area contributed by atoms with E-state index in [9.17, 15) is 4.79 Å². The Balaban J connectivity index is 1.87. The molecule has 2 aliphatic heterocycles. The molecular weight excluding hydrogens is 336 g/mol. The third-order valence-electron chi connectivity index (χ3n) is 3.84. The summed E-state index contributed by atoms with van der Waals surface area (Å²) >= 11 is 3.51. The van der Waals surface area contributed by atoms with Gasteiger partial charge < -0.3 is 19.3 Å². The highest BCUT2D eigenvalue weighted by atomic mass is 79.9. The summed E-state index contributed by atoms with van der Waals surface area (Å²) in [7, 11) is 0. The van der Waals surface area contributed by atoms with Gasteiger partial charge in [-0.25, -0.2) is 0 Å². The molecule has 0 atom stereocenters. The number of halogens is 1. The van der Waals surface area contributed by atoms with E-state index in [-0.39, 0.29) is 5.91 Å². The van der Waals surface area contributed by atoms with Gasteiger partial charge in [0.25, 0.3) is 5.91 Å². The van der Waals surface area contributed by atoms with Crippen LogP contribution < -0.4 is 4.90 Å². The Morgan fingerprint density at radius 2 is 1.62 bits per heavy atom. The number of morpholine rings is 2. The molecule has 2 aliphatic rings. The van der Waals surface area contributed by atoms with Crippen molar-refractivity contribution in [3.05, 3.63) is 28.2 Å². The van der Waals surface area contributed by atoms with Crippen LogP contribution in [-0.4, -0.2) is 63.4 Å². The minimum absolute atomic E-state index is 0.0901. The Kier molecular flexibility index (Phi) is 4.77. The third-order valence-corrected chi connectivity index (χ3v) is 4.33. The number of benzene rings is 1. The van der Waals surface area contributed by atoms with E-state index in [4.69, 9.17) is 9.47 Å². The molecule has 0 N–H and O–H groups in total. The average molecular weight is 355 g/mol. The Labute approximate surface area is 132 Å². The molecule has 21 heavy (non-hydrogen) atoms. The van der Waals surface area contributed by atoms with E-state index >= 15 is 0 Å². The first-order valence-corrected chi connectivity index (χ1v) is 8.04. The maximum Gasteiger partial charge on any atom is 0.256 e. The quantitative estimate of drug-likeness (QED) is 0.811. The first kappa shape index (κ1) is 14.8. The lowest BCUT2D eigenvalue weighted by Gasteiger charge is -2.32. The predicted molar refractivity (Wildman–Crippen MR) is 83.9 cm³/mol. The van der Waals surface area contributed by atoms with Crippen molar-refractivity contribution in [3.8, 4) is 0 Å². The van der Waals surface area contributed by atoms with Gasteiger partial charge in [-0.05, 0) is 18.2 Å². The Morgan fingerprint density at radius 3 is 2.29 bits per heavy atom. The fourth-order valence-corrected chi connectivity index (χ4v) is 3.04. The average Bonchev–Trinajstić information content (AvgIpc) is 2.56. The highest BCUT2D eigenvalue weighted by molar-refractivity contribution is 9.10. The van der Waals surface area contributed by atoms with Crippen LogP contribution in [0.1, 0.15) is 10.4 Å². The van der Waals surface area contributed by atoms with Gasteiger partial charge >= 0.3 is 0 Å². The van der Waals surface area contributed by atoms with E-state index in [1.807, 2.05) is 23.1 Å². The lowest BCUT2D eigenvalue weighted by molar-refractivity contribution is 0.0303. The second kappa shape index (κ2) is 6.77. The van der Waals surface area contributed by atoms with Gasteiger partial charge in [0.15, 0.2) is 0 Å². The van der Waals surface area contributed by atoms with Crippen LogP contribution in [0.25, 0.3) is 0 Å². The standard InChI is InChI=1S/C15H19BrN2O3/c16-12-1-2-13(15(19)18-5-9-21-10-6-18)14(11-12)17-3-7-20-8-4-17/h1-2,11H,3-10H2. The minimum atomic E-state index is 0.0901. The molecule has 0 saturated carbocycles. The number of hydrogen-bond donors (Lipinski definition) is 0. The fraction of sp³-hybridized carbons (Fsp3) is 0.533. The summed E-state index contributed by atoms with van der Waals surface area (Å²) in [6.07, 6.45) is 0. The molecule has 1 amide bonds. The minimum Gasteiger partial charge on any atom is -0.378 e. The lowest BCUT2D eigenvalue weighted by Crippen LogP contribution is -2.42. The largest absolute Gasteiger partial charge is 0.378 e. The van der Waals surface area contributed by atoms with Crippen LogP contribution in [0.3, 0.4) is 0 Å². The van der Waals surface area contributed by atoms with Gasteiger partial charge in [0.1, 0.15) is 0 Å². The van der Waals surface area contributed by atoms with Crippen LogP contribution in [0.4, 0.5) is 5.69 Å². The zero-order chi connectivity index (χ0) is 14.7. The summed E-state index contributed by atoms with van der Waals surface area (Å²) in [4.78, 5) is 16.9. The molecule has 6 heteroatoms. The number of carbonyl (C=O) groups excluding carboxylic acids is 1. The highest BCUT2D eigenvalue weighted by Crippen LogP contribution is 2.27. The third kappa shape index (κ3) is 3.39. The summed E-state index contributed by atoms with van der Waals surface area (Å²) in [6.45, 7) is 5.62. The van der Waals surface area contributed by atoms with Crippen LogP contribution in [0.5, 0.6) is 0 Å². The molecule has 5 nitrogen and oxygen atoms in total. The summed E-state index contributed by atoms with van der Waals surface area (Å²) < 4.78 is 11.7. The number of amides is 1. The van der Waals surface area contributed by atoms with Crippen molar-refractivity contribution >= 4 is 27.5 Å². The van der Waals surface area contributed by atoms with E-state index in [0.29, 0.717) is 39.5 Å². The number of hydrogen-bond acceptors (Lipinski definition) is 4. The molecular formula is C15H19BrN2O3. The fourth-order valence-electron chi connectivity index (χ4n) is 2.69. The van der Waals surface area contributed by atoms with Crippen molar-refractivity contribution in [2.45, 2.75) is 0 Å². The molecule has 1 aromatic rings. The molecule has 114 valence electrons. The first-order valence-electron chi connectivity index (χ1n) is 7.25. The van der Waals surface area contributed by atoms with Gasteiger partial charge in [-0.2, -0.15) is 0 Å². The smallest absolute Gasteiger partial charge is 0.256 e. The van der Waals surface area contributed by atoms with Crippen LogP contribution in [-0.2, 0) is 9.47 Å². The molecule has 3 rings (SSSR count). The summed E-state index contributed by atoms with van der Waals surface area (Å²) in [6, 6.07) is 5.86. The van der Waals surface area contributed by atoms with Crippen molar-refractivity contribution in [3.63, 3.8) is 0 Å². The SMILES string of the molecule is O=C(c1ccc(Br)cc1N1CCOCC1)N1CCOCC1. The number of carbonyl (C=O) groups is 1. The van der Waals surface area contributed by atoms with E-state index in [1.165, 1.54) is 0 Å². The molecule has 0 radical (unpaired) electrons. The van der Waals surface area contributed by atoms with Gasteiger partial charge in [-0.3, -0.25) is 4.79 Å². The van der Waals surface area contributed by atoms with Gasteiger partial charge in [0.05, 0.1) is 37.7 Å². The Hall–Kier alpha value is -1.11. The van der Waals surface area contributed by atoms with E-state index in [0.717, 1.165) is 28.8 Å². The molecule has 2 heterocycles. The van der Waals surface area contributed by atoms with E-state index < -0.39 is 0 Å². The van der Waals surface area contributed by atoms with Gasteiger partial charge in [0, 0.05) is 30.7 Å². The Morgan fingerprint density at radius 1 is 1.00 bits per heavy atom. The second-order valence-electron chi connectivity index (χ2n) is 5.17. The van der Waals surface area contributed by atoms with Crippen molar-refractivity contribution in [1.29, 1.82) is 0 Å². The van der Waals surface area contributed by atoms with Crippen molar-refractivity contribution < 1.29 is 14.3 Å². The molecule has 0 bridgehead atoms. The van der Waals surface area contributed by atoms with Crippen LogP contribution >= 0.6 is 15.9 Å². The highest BCUT2D eigenvalue weighted by Gasteiger charge is 2.24. The number of ether oxygens (including phenoxy) is 2. The Bertz CT molecular complexity index is 512. The normalized spacial score (nSPS) is 19.7. The maximum atomic E-state index is 12.8. The molecule has 0 unspecified atom stereocenters. The van der Waals surface area contributed by atoms with Crippen molar-refractivity contribution in [2.24, 2.45) is 0 Å². The van der Waals surface area contributed by atoms with Crippen molar-refractivity contribution in [1.82, 2.24) is 4.90 Å². The van der Waals surface area contributed by atoms with Crippen LogP contribution in [0.15, 0.2) is 22.7 Å². The van der Waals surface area contributed by atoms with E-state index in [1.54, 1.807) is 0 Å². The molecule has 0 aromatic heterocycles. The number of anilines is 1. The van der Waals surface area contributed by atoms with Crippen LogP contribution in [0.2, 0.25) is 0 Å². The molecule has 2 saturated heterocycles. The summed E-state index contributed by atoms with van der Waals surface area (Å²) in [5.74, 6) is 0.0901. The molecule has 0 aliphatic carbocycles. The van der Waals surface area contributed by atoms with Crippen LogP contribution in [0, 0.1) is 0 Å². The van der Waals surface area contributed by atoms with Gasteiger partial charge in [-0.15, -0.1) is 0 Å². The zero-order valence-corrected chi connectivity index (χ0v) is 13.5. The van der Waals surface area contributed by atoms with Gasteiger partial charge in [-0.1, -0.05) is 15.9 Å². The summed E-state index contributed by atoms with van der Waals surface area (Å²) in [5.41, 5.74) is 1.76. The topological polar surface area (TPSA) is 42.0 Å². The van der Waals surface area contributed by atoms with E-state index in [2.05, 4.69) is 20.8 Å². The number of rotatable bonds is 2. The zero-order valence-electron chi connectivity index (χ0n) is 11.9. The predicted octanol–water partition coefficient (Wildman–Crippen LogP) is 1.76. The lowest BCUT2D eigenvalue weighted by atomic mass is 10.1. The molecule has 1 aromatic carbocycles. The maximum absolute atomic E-state index is 12.8. The van der Waals surface area contributed by atoms with Gasteiger partial charge in [0.2, 0.25) is 0 Å².